The molecule has 4 N–H and O–H groups in total. The third kappa shape index (κ3) is 36.2. The van der Waals surface area contributed by atoms with E-state index < -0.39 is 12.0 Å². The monoisotopic (exact) mass is 733 g/mol. The van der Waals surface area contributed by atoms with Crippen molar-refractivity contribution in [2.24, 2.45) is 5.73 Å². The van der Waals surface area contributed by atoms with Crippen LogP contribution in [0.15, 0.2) is 24.3 Å². The van der Waals surface area contributed by atoms with Crippen molar-refractivity contribution in [2.75, 3.05) is 6.54 Å². The minimum Gasteiger partial charge on any atom is -0.480 e. The maximum Gasteiger partial charge on any atom is 0.326 e. The number of carboxylic acid groups (broad SMARTS) is 1. The number of nitrogens with two attached hydrogens (primary N) is 1. The molecule has 0 saturated carbocycles. The lowest BCUT2D eigenvalue weighted by Crippen LogP contribution is -2.40. The van der Waals surface area contributed by atoms with Crippen LogP contribution in [0.25, 0.3) is 0 Å². The normalized spacial score (nSPS) is 12.8. The molecule has 52 heavy (non-hydrogen) atoms. The molecular formula is C45H84N2O5. The van der Waals surface area contributed by atoms with Crippen molar-refractivity contribution in [1.29, 1.82) is 0 Å². The van der Waals surface area contributed by atoms with Crippen LogP contribution in [0.4, 0.5) is 0 Å². The summed E-state index contributed by atoms with van der Waals surface area (Å²) in [5.74, 6) is -1.25. The van der Waals surface area contributed by atoms with Crippen LogP contribution < -0.4 is 11.1 Å². The topological polar surface area (TPSA) is 119 Å². The zero-order valence-electron chi connectivity index (χ0n) is 34.2. The second-order valence-electron chi connectivity index (χ2n) is 15.1. The van der Waals surface area contributed by atoms with E-state index in [-0.39, 0.29) is 18.0 Å². The summed E-state index contributed by atoms with van der Waals surface area (Å²) in [4.78, 5) is 36.3. The molecule has 0 spiro atoms. The summed E-state index contributed by atoms with van der Waals surface area (Å²) >= 11 is 0. The van der Waals surface area contributed by atoms with E-state index in [9.17, 15) is 19.5 Å². The number of rotatable bonds is 40. The van der Waals surface area contributed by atoms with Gasteiger partial charge in [0, 0.05) is 12.8 Å². The van der Waals surface area contributed by atoms with Gasteiger partial charge in [0.05, 0.1) is 0 Å². The summed E-state index contributed by atoms with van der Waals surface area (Å²) in [5, 5.41) is 11.9. The SMILES string of the molecule is CCCC/C=C\CCCCCCCC(=O)OC(CCCCC/C=C\CCCCCCCCCC)CCCCCCCC(=O)NC(CCCN)C(=O)O. The maximum absolute atomic E-state index is 12.8. The van der Waals surface area contributed by atoms with Crippen molar-refractivity contribution in [3.05, 3.63) is 24.3 Å². The largest absolute Gasteiger partial charge is 0.480 e. The number of hydrogen-bond donors (Lipinski definition) is 3. The summed E-state index contributed by atoms with van der Waals surface area (Å²) in [6.07, 6.45) is 45.1. The van der Waals surface area contributed by atoms with Crippen LogP contribution in [-0.4, -0.2) is 41.6 Å². The molecule has 0 aromatic carbocycles. The van der Waals surface area contributed by atoms with Crippen molar-refractivity contribution < 1.29 is 24.2 Å². The van der Waals surface area contributed by atoms with Crippen LogP contribution in [0.2, 0.25) is 0 Å². The first-order valence-corrected chi connectivity index (χ1v) is 22.2. The standard InChI is InChI=1S/C45H84N2O5/c1-3-5-7-9-11-13-15-16-17-18-20-21-23-26-30-35-41(52-44(49)39-33-29-24-22-19-14-12-10-8-6-4-2)36-31-27-25-28-32-38-43(48)47-42(45(50)51)37-34-40-46/h10,12,18,20,41-42H,3-9,11,13-17,19,21-40,46H2,1-2H3,(H,47,48)(H,50,51)/b12-10-,20-18-. The van der Waals surface area contributed by atoms with E-state index >= 15 is 0 Å². The summed E-state index contributed by atoms with van der Waals surface area (Å²) in [5.41, 5.74) is 5.48. The highest BCUT2D eigenvalue weighted by Crippen LogP contribution is 2.18. The van der Waals surface area contributed by atoms with Crippen LogP contribution in [0, 0.1) is 0 Å². The predicted octanol–water partition coefficient (Wildman–Crippen LogP) is 12.5. The molecule has 0 aliphatic rings. The molecular weight excluding hydrogens is 649 g/mol. The number of amides is 1. The molecule has 304 valence electrons. The Labute approximate surface area is 321 Å². The zero-order valence-corrected chi connectivity index (χ0v) is 34.2. The van der Waals surface area contributed by atoms with Gasteiger partial charge in [-0.2, -0.15) is 0 Å². The second-order valence-corrected chi connectivity index (χ2v) is 15.1. The molecule has 7 heteroatoms. The highest BCUT2D eigenvalue weighted by molar-refractivity contribution is 5.83. The molecule has 0 aromatic rings. The first-order valence-electron chi connectivity index (χ1n) is 22.2. The number of nitrogens with one attached hydrogen (secondary N) is 1. The second kappa shape index (κ2) is 40.0. The Morgan fingerprint density at radius 1 is 0.538 bits per heavy atom. The van der Waals surface area contributed by atoms with Crippen LogP contribution >= 0.6 is 0 Å². The Morgan fingerprint density at radius 3 is 1.46 bits per heavy atom. The van der Waals surface area contributed by atoms with Crippen molar-refractivity contribution >= 4 is 17.8 Å². The van der Waals surface area contributed by atoms with Gasteiger partial charge >= 0.3 is 11.9 Å². The Morgan fingerprint density at radius 2 is 0.962 bits per heavy atom. The van der Waals surface area contributed by atoms with Gasteiger partial charge in [-0.15, -0.1) is 0 Å². The number of ether oxygens (including phenoxy) is 1. The number of unbranched alkanes of at least 4 members (excludes halogenated alkanes) is 22. The smallest absolute Gasteiger partial charge is 0.326 e. The van der Waals surface area contributed by atoms with E-state index in [1.165, 1.54) is 116 Å². The summed E-state index contributed by atoms with van der Waals surface area (Å²) < 4.78 is 6.03. The van der Waals surface area contributed by atoms with E-state index in [1.807, 2.05) is 0 Å². The van der Waals surface area contributed by atoms with E-state index in [0.717, 1.165) is 70.6 Å². The fraction of sp³-hybridized carbons (Fsp3) is 0.844. The van der Waals surface area contributed by atoms with Crippen molar-refractivity contribution in [3.63, 3.8) is 0 Å². The Bertz CT molecular complexity index is 874. The van der Waals surface area contributed by atoms with Crippen LogP contribution in [-0.2, 0) is 19.1 Å². The molecule has 1 amide bonds. The fourth-order valence-electron chi connectivity index (χ4n) is 6.60. The molecule has 2 atom stereocenters. The lowest BCUT2D eigenvalue weighted by atomic mass is 10.0. The van der Waals surface area contributed by atoms with E-state index in [0.29, 0.717) is 32.2 Å². The molecule has 0 aliphatic carbocycles. The number of carbonyl (C=O) groups is 3. The average molecular weight is 733 g/mol. The number of carboxylic acids is 1. The van der Waals surface area contributed by atoms with E-state index in [2.05, 4.69) is 43.5 Å². The van der Waals surface area contributed by atoms with Crippen molar-refractivity contribution in [2.45, 2.75) is 238 Å². The predicted molar refractivity (Wildman–Crippen MR) is 220 cm³/mol. The van der Waals surface area contributed by atoms with Crippen molar-refractivity contribution in [1.82, 2.24) is 5.32 Å². The van der Waals surface area contributed by atoms with Gasteiger partial charge in [0.1, 0.15) is 12.1 Å². The lowest BCUT2D eigenvalue weighted by Gasteiger charge is -2.18. The summed E-state index contributed by atoms with van der Waals surface area (Å²) in [6.45, 7) is 4.91. The zero-order chi connectivity index (χ0) is 38.2. The number of carbonyl (C=O) groups excluding carboxylic acids is 2. The van der Waals surface area contributed by atoms with Gasteiger partial charge in [0.15, 0.2) is 0 Å². The minimum atomic E-state index is -1.00. The highest BCUT2D eigenvalue weighted by Gasteiger charge is 2.19. The molecule has 0 radical (unpaired) electrons. The molecule has 2 unspecified atom stereocenters. The van der Waals surface area contributed by atoms with Gasteiger partial charge in [-0.3, -0.25) is 9.59 Å². The van der Waals surface area contributed by atoms with Crippen LogP contribution in [0.5, 0.6) is 0 Å². The Balaban J connectivity index is 4.36. The van der Waals surface area contributed by atoms with E-state index in [4.69, 9.17) is 10.5 Å². The van der Waals surface area contributed by atoms with Gasteiger partial charge in [0.2, 0.25) is 5.91 Å². The fourth-order valence-corrected chi connectivity index (χ4v) is 6.60. The molecule has 0 saturated heterocycles. The minimum absolute atomic E-state index is 0.00300. The Hall–Kier alpha value is -2.15. The molecule has 0 rings (SSSR count). The third-order valence-corrected chi connectivity index (χ3v) is 9.99. The number of aliphatic carboxylic acids is 1. The number of allylic oxidation sites excluding steroid dienone is 4. The lowest BCUT2D eigenvalue weighted by molar-refractivity contribution is -0.150. The van der Waals surface area contributed by atoms with Gasteiger partial charge in [-0.1, -0.05) is 141 Å². The van der Waals surface area contributed by atoms with Gasteiger partial charge in [-0.05, 0) is 103 Å². The number of esters is 1. The van der Waals surface area contributed by atoms with Gasteiger partial charge < -0.3 is 20.9 Å². The van der Waals surface area contributed by atoms with Gasteiger partial charge in [0.25, 0.3) is 0 Å². The molecule has 0 bridgehead atoms. The molecule has 0 fully saturated rings. The summed E-state index contributed by atoms with van der Waals surface area (Å²) in [7, 11) is 0. The maximum atomic E-state index is 12.8. The quantitative estimate of drug-likeness (QED) is 0.0328. The van der Waals surface area contributed by atoms with Gasteiger partial charge in [-0.25, -0.2) is 4.79 Å². The van der Waals surface area contributed by atoms with Crippen molar-refractivity contribution in [3.8, 4) is 0 Å². The first-order chi connectivity index (χ1) is 25.4. The molecule has 7 nitrogen and oxygen atoms in total. The first kappa shape index (κ1) is 49.9. The molecule has 0 aliphatic heterocycles. The van der Waals surface area contributed by atoms with E-state index in [1.54, 1.807) is 0 Å². The third-order valence-electron chi connectivity index (χ3n) is 9.99. The number of hydrogen-bond acceptors (Lipinski definition) is 5. The molecule has 0 aromatic heterocycles. The van der Waals surface area contributed by atoms with Crippen LogP contribution in [0.3, 0.4) is 0 Å². The Kier molecular flexibility index (Phi) is 38.4. The summed E-state index contributed by atoms with van der Waals surface area (Å²) in [6, 6.07) is -0.857. The molecule has 0 heterocycles. The average Bonchev–Trinajstić information content (AvgIpc) is 3.13. The highest BCUT2D eigenvalue weighted by atomic mass is 16.5. The van der Waals surface area contributed by atoms with Crippen LogP contribution in [0.1, 0.15) is 226 Å².